The average molecular weight is 350 g/mol. The van der Waals surface area contributed by atoms with E-state index in [9.17, 15) is 4.79 Å². The molecule has 0 bridgehead atoms. The Morgan fingerprint density at radius 3 is 2.12 bits per heavy atom. The molecule has 2 rings (SSSR count). The topological polar surface area (TPSA) is 26.8 Å². The lowest BCUT2D eigenvalue weighted by molar-refractivity contribution is -0.127. The lowest BCUT2D eigenvalue weighted by Crippen LogP contribution is -2.50. The maximum absolute atomic E-state index is 12.3. The Labute approximate surface area is 155 Å². The van der Waals surface area contributed by atoms with Gasteiger partial charge in [-0.3, -0.25) is 9.69 Å². The summed E-state index contributed by atoms with van der Waals surface area (Å²) in [4.78, 5) is 19.4. The molecule has 0 aromatic heterocycles. The number of piperidine rings is 1. The van der Waals surface area contributed by atoms with E-state index in [4.69, 9.17) is 0 Å². The minimum atomic E-state index is 0.212. The third-order valence-corrected chi connectivity index (χ3v) is 5.60. The van der Waals surface area contributed by atoms with Gasteiger partial charge in [0.25, 0.3) is 0 Å². The van der Waals surface area contributed by atoms with Crippen LogP contribution in [0.15, 0.2) is 12.2 Å². The van der Waals surface area contributed by atoms with Crippen LogP contribution in [0.25, 0.3) is 0 Å². The van der Waals surface area contributed by atoms with Crippen LogP contribution in [0.2, 0.25) is 0 Å². The molecular formula is C21H39N3O. The molecule has 25 heavy (non-hydrogen) atoms. The van der Waals surface area contributed by atoms with Crippen molar-refractivity contribution in [1.82, 2.24) is 14.7 Å². The van der Waals surface area contributed by atoms with Crippen LogP contribution in [0.5, 0.6) is 0 Å². The monoisotopic (exact) mass is 349 g/mol. The molecule has 0 saturated carbocycles. The summed E-state index contributed by atoms with van der Waals surface area (Å²) in [5.41, 5.74) is 0. The second kappa shape index (κ2) is 12.5. The number of carbonyl (C=O) groups excluding carboxylic acids is 1. The van der Waals surface area contributed by atoms with Gasteiger partial charge in [-0.25, -0.2) is 0 Å². The fraction of sp³-hybridized carbons (Fsp3) is 0.857. The Bertz CT molecular complexity index is 383. The van der Waals surface area contributed by atoms with Crippen molar-refractivity contribution >= 4 is 5.91 Å². The number of allylic oxidation sites excluding steroid dienone is 1. The fourth-order valence-electron chi connectivity index (χ4n) is 3.81. The van der Waals surface area contributed by atoms with E-state index in [1.807, 2.05) is 11.0 Å². The number of carbonyl (C=O) groups is 1. The summed E-state index contributed by atoms with van der Waals surface area (Å²) in [5.74, 6) is 0.212. The SMILES string of the molecule is CCCCCCCC=CC(=O)N1CCN(CCN2CCCCC2)CC1. The van der Waals surface area contributed by atoms with Crippen molar-refractivity contribution < 1.29 is 4.79 Å². The van der Waals surface area contributed by atoms with Gasteiger partial charge in [0.15, 0.2) is 0 Å². The second-order valence-electron chi connectivity index (χ2n) is 7.67. The van der Waals surface area contributed by atoms with Gasteiger partial charge in [-0.05, 0) is 44.8 Å². The second-order valence-corrected chi connectivity index (χ2v) is 7.67. The Balaban J connectivity index is 1.53. The van der Waals surface area contributed by atoms with Crippen LogP contribution >= 0.6 is 0 Å². The zero-order valence-corrected chi connectivity index (χ0v) is 16.4. The number of piperazine rings is 1. The molecule has 2 heterocycles. The summed E-state index contributed by atoms with van der Waals surface area (Å²) in [7, 11) is 0. The Hall–Kier alpha value is -0.870. The first-order valence-corrected chi connectivity index (χ1v) is 10.7. The van der Waals surface area contributed by atoms with Crippen molar-refractivity contribution in [2.75, 3.05) is 52.4 Å². The molecule has 2 aliphatic heterocycles. The highest BCUT2D eigenvalue weighted by molar-refractivity contribution is 5.87. The Kier molecular flexibility index (Phi) is 10.2. The van der Waals surface area contributed by atoms with E-state index in [-0.39, 0.29) is 5.91 Å². The number of nitrogens with zero attached hydrogens (tertiary/aromatic N) is 3. The van der Waals surface area contributed by atoms with Crippen LogP contribution < -0.4 is 0 Å². The van der Waals surface area contributed by atoms with Crippen LogP contribution in [-0.4, -0.2) is 73.0 Å². The maximum Gasteiger partial charge on any atom is 0.246 e. The van der Waals surface area contributed by atoms with Gasteiger partial charge < -0.3 is 9.80 Å². The van der Waals surface area contributed by atoms with E-state index >= 15 is 0 Å². The van der Waals surface area contributed by atoms with Gasteiger partial charge in [-0.2, -0.15) is 0 Å². The van der Waals surface area contributed by atoms with Crippen molar-refractivity contribution in [3.63, 3.8) is 0 Å². The van der Waals surface area contributed by atoms with E-state index in [2.05, 4.69) is 22.8 Å². The van der Waals surface area contributed by atoms with E-state index in [0.717, 1.165) is 39.1 Å². The summed E-state index contributed by atoms with van der Waals surface area (Å²) in [5, 5.41) is 0. The predicted octanol–water partition coefficient (Wildman–Crippen LogP) is 3.53. The van der Waals surface area contributed by atoms with Gasteiger partial charge in [-0.15, -0.1) is 0 Å². The third kappa shape index (κ3) is 8.37. The standard InChI is InChI=1S/C21H39N3O/c1-2-3-4-5-6-7-9-12-21(25)24-19-17-23(18-20-24)16-15-22-13-10-8-11-14-22/h9,12H,2-8,10-11,13-20H2,1H3. The largest absolute Gasteiger partial charge is 0.337 e. The molecule has 1 amide bonds. The van der Waals surface area contributed by atoms with E-state index < -0.39 is 0 Å². The smallest absolute Gasteiger partial charge is 0.246 e. The minimum absolute atomic E-state index is 0.212. The summed E-state index contributed by atoms with van der Waals surface area (Å²) in [6.45, 7) is 11.0. The molecule has 0 radical (unpaired) electrons. The quantitative estimate of drug-likeness (QED) is 0.446. The summed E-state index contributed by atoms with van der Waals surface area (Å²) in [6.07, 6.45) is 15.5. The van der Waals surface area contributed by atoms with E-state index in [1.165, 1.54) is 71.0 Å². The molecule has 0 aliphatic carbocycles. The number of likely N-dealkylation sites (tertiary alicyclic amines) is 1. The van der Waals surface area contributed by atoms with Gasteiger partial charge in [0.1, 0.15) is 0 Å². The highest BCUT2D eigenvalue weighted by atomic mass is 16.2. The number of unbranched alkanes of at least 4 members (excludes halogenated alkanes) is 5. The predicted molar refractivity (Wildman–Crippen MR) is 106 cm³/mol. The Morgan fingerprint density at radius 1 is 0.800 bits per heavy atom. The first-order chi connectivity index (χ1) is 12.3. The summed E-state index contributed by atoms with van der Waals surface area (Å²) >= 11 is 0. The van der Waals surface area contributed by atoms with Gasteiger partial charge in [-0.1, -0.05) is 45.1 Å². The van der Waals surface area contributed by atoms with Crippen molar-refractivity contribution in [2.45, 2.75) is 64.7 Å². The molecule has 4 nitrogen and oxygen atoms in total. The van der Waals surface area contributed by atoms with Crippen molar-refractivity contribution in [1.29, 1.82) is 0 Å². The van der Waals surface area contributed by atoms with Crippen LogP contribution in [0.3, 0.4) is 0 Å². The lowest BCUT2D eigenvalue weighted by Gasteiger charge is -2.36. The van der Waals surface area contributed by atoms with Crippen LogP contribution in [0.1, 0.15) is 64.7 Å². The fourth-order valence-corrected chi connectivity index (χ4v) is 3.81. The zero-order chi connectivity index (χ0) is 17.7. The Morgan fingerprint density at radius 2 is 1.44 bits per heavy atom. The summed E-state index contributed by atoms with van der Waals surface area (Å²) in [6, 6.07) is 0. The van der Waals surface area contributed by atoms with E-state index in [0.29, 0.717) is 0 Å². The van der Waals surface area contributed by atoms with Crippen molar-refractivity contribution in [3.8, 4) is 0 Å². The molecule has 2 saturated heterocycles. The van der Waals surface area contributed by atoms with Gasteiger partial charge in [0, 0.05) is 39.3 Å². The van der Waals surface area contributed by atoms with Gasteiger partial charge >= 0.3 is 0 Å². The minimum Gasteiger partial charge on any atom is -0.337 e. The van der Waals surface area contributed by atoms with E-state index in [1.54, 1.807) is 0 Å². The molecular weight excluding hydrogens is 310 g/mol. The van der Waals surface area contributed by atoms with Crippen LogP contribution in [-0.2, 0) is 4.79 Å². The molecule has 2 fully saturated rings. The first kappa shape index (κ1) is 20.4. The summed E-state index contributed by atoms with van der Waals surface area (Å²) < 4.78 is 0. The van der Waals surface area contributed by atoms with Crippen LogP contribution in [0.4, 0.5) is 0 Å². The maximum atomic E-state index is 12.3. The number of rotatable bonds is 10. The average Bonchev–Trinajstić information content (AvgIpc) is 2.67. The molecule has 4 heteroatoms. The lowest BCUT2D eigenvalue weighted by atomic mass is 10.1. The molecule has 0 aromatic carbocycles. The normalized spacial score (nSPS) is 20.4. The molecule has 144 valence electrons. The highest BCUT2D eigenvalue weighted by Crippen LogP contribution is 2.10. The van der Waals surface area contributed by atoms with Crippen molar-refractivity contribution in [2.24, 2.45) is 0 Å². The van der Waals surface area contributed by atoms with Crippen LogP contribution in [0, 0.1) is 0 Å². The molecule has 2 aliphatic rings. The van der Waals surface area contributed by atoms with Crippen molar-refractivity contribution in [3.05, 3.63) is 12.2 Å². The highest BCUT2D eigenvalue weighted by Gasteiger charge is 2.20. The molecule has 0 unspecified atom stereocenters. The molecule has 0 atom stereocenters. The first-order valence-electron chi connectivity index (χ1n) is 10.7. The van der Waals surface area contributed by atoms with Gasteiger partial charge in [0.2, 0.25) is 5.91 Å². The molecule has 0 spiro atoms. The number of amides is 1. The third-order valence-electron chi connectivity index (χ3n) is 5.60. The number of hydrogen-bond acceptors (Lipinski definition) is 3. The van der Waals surface area contributed by atoms with Gasteiger partial charge in [0.05, 0.1) is 0 Å². The number of hydrogen-bond donors (Lipinski definition) is 0. The molecule has 0 aromatic rings. The molecule has 0 N–H and O–H groups in total. The zero-order valence-electron chi connectivity index (χ0n) is 16.4.